The Morgan fingerprint density at radius 3 is 2.31 bits per heavy atom. The van der Waals surface area contributed by atoms with Gasteiger partial charge in [0.15, 0.2) is 0 Å². The van der Waals surface area contributed by atoms with Crippen LogP contribution in [0.2, 0.25) is 0 Å². The van der Waals surface area contributed by atoms with Crippen molar-refractivity contribution in [3.63, 3.8) is 0 Å². The van der Waals surface area contributed by atoms with Gasteiger partial charge in [-0.3, -0.25) is 0 Å². The minimum atomic E-state index is 0. The number of nitrogens with zero attached hydrogens (tertiary/aromatic N) is 2. The second kappa shape index (κ2) is 4.91. The Labute approximate surface area is 94.1 Å². The molecule has 1 aromatic heterocycles. The minimum absolute atomic E-state index is 0. The zero-order chi connectivity index (χ0) is 8.23. The fourth-order valence-corrected chi connectivity index (χ4v) is 1.07. The maximum atomic E-state index is 4.14. The van der Waals surface area contributed by atoms with E-state index >= 15 is 0 Å². The lowest BCUT2D eigenvalue weighted by Gasteiger charge is -1.96. The summed E-state index contributed by atoms with van der Waals surface area (Å²) in [5.41, 5.74) is 2.09. The SMILES string of the molecule is I.c1ccc(-c2ccncn2)cc1. The highest BCUT2D eigenvalue weighted by Gasteiger charge is 1.94. The van der Waals surface area contributed by atoms with Crippen LogP contribution in [0, 0.1) is 0 Å². The van der Waals surface area contributed by atoms with Crippen molar-refractivity contribution in [2.45, 2.75) is 0 Å². The van der Waals surface area contributed by atoms with E-state index in [0.29, 0.717) is 0 Å². The summed E-state index contributed by atoms with van der Waals surface area (Å²) in [5, 5.41) is 0. The smallest absolute Gasteiger partial charge is 0.116 e. The Balaban J connectivity index is 0.000000845. The van der Waals surface area contributed by atoms with Crippen molar-refractivity contribution >= 4 is 24.0 Å². The van der Waals surface area contributed by atoms with Crippen molar-refractivity contribution in [3.8, 4) is 11.3 Å². The fraction of sp³-hybridized carbons (Fsp3) is 0. The molecule has 1 heterocycles. The molecule has 0 spiro atoms. The van der Waals surface area contributed by atoms with Crippen LogP contribution >= 0.6 is 24.0 Å². The summed E-state index contributed by atoms with van der Waals surface area (Å²) in [6.45, 7) is 0. The molecule has 0 bridgehead atoms. The van der Waals surface area contributed by atoms with Gasteiger partial charge in [-0.15, -0.1) is 24.0 Å². The molecular weight excluding hydrogens is 275 g/mol. The van der Waals surface area contributed by atoms with Crippen LogP contribution in [0.1, 0.15) is 0 Å². The summed E-state index contributed by atoms with van der Waals surface area (Å²) in [4.78, 5) is 8.00. The van der Waals surface area contributed by atoms with Crippen LogP contribution in [0.3, 0.4) is 0 Å². The highest BCUT2D eigenvalue weighted by Crippen LogP contribution is 2.13. The Morgan fingerprint density at radius 1 is 0.923 bits per heavy atom. The van der Waals surface area contributed by atoms with Gasteiger partial charge in [-0.25, -0.2) is 9.97 Å². The summed E-state index contributed by atoms with van der Waals surface area (Å²) in [6.07, 6.45) is 3.30. The second-order valence-corrected chi connectivity index (χ2v) is 2.46. The average molecular weight is 284 g/mol. The summed E-state index contributed by atoms with van der Waals surface area (Å²) in [5.74, 6) is 0. The second-order valence-electron chi connectivity index (χ2n) is 2.46. The minimum Gasteiger partial charge on any atom is -0.245 e. The monoisotopic (exact) mass is 284 g/mol. The number of hydrogen-bond acceptors (Lipinski definition) is 2. The van der Waals surface area contributed by atoms with Gasteiger partial charge >= 0.3 is 0 Å². The van der Waals surface area contributed by atoms with E-state index in [-0.39, 0.29) is 24.0 Å². The first kappa shape index (κ1) is 10.1. The summed E-state index contributed by atoms with van der Waals surface area (Å²) >= 11 is 0. The Hall–Kier alpha value is -0.970. The predicted octanol–water partition coefficient (Wildman–Crippen LogP) is 2.76. The normalized spacial score (nSPS) is 8.92. The van der Waals surface area contributed by atoms with E-state index in [2.05, 4.69) is 9.97 Å². The first-order valence-electron chi connectivity index (χ1n) is 3.78. The summed E-state index contributed by atoms with van der Waals surface area (Å²) in [6, 6.07) is 11.9. The molecule has 0 amide bonds. The van der Waals surface area contributed by atoms with Gasteiger partial charge in [-0.2, -0.15) is 0 Å². The standard InChI is InChI=1S/C10H8N2.HI/c1-2-4-9(5-3-1)10-6-7-11-8-12-10;/h1-8H;1H. The molecule has 13 heavy (non-hydrogen) atoms. The number of hydrogen-bond donors (Lipinski definition) is 0. The van der Waals surface area contributed by atoms with E-state index in [1.165, 1.54) is 0 Å². The highest BCUT2D eigenvalue weighted by molar-refractivity contribution is 14.0. The molecule has 0 unspecified atom stereocenters. The zero-order valence-corrected chi connectivity index (χ0v) is 9.25. The summed E-state index contributed by atoms with van der Waals surface area (Å²) < 4.78 is 0. The van der Waals surface area contributed by atoms with Gasteiger partial charge in [0, 0.05) is 11.8 Å². The molecule has 2 aromatic rings. The first-order valence-corrected chi connectivity index (χ1v) is 3.78. The van der Waals surface area contributed by atoms with Crippen molar-refractivity contribution < 1.29 is 0 Å². The van der Waals surface area contributed by atoms with Crippen molar-refractivity contribution in [3.05, 3.63) is 48.9 Å². The highest BCUT2D eigenvalue weighted by atomic mass is 127. The molecule has 0 atom stereocenters. The van der Waals surface area contributed by atoms with Crippen LogP contribution in [-0.4, -0.2) is 9.97 Å². The predicted molar refractivity (Wildman–Crippen MR) is 62.9 cm³/mol. The molecule has 2 rings (SSSR count). The molecule has 2 nitrogen and oxygen atoms in total. The molecular formula is C10H9IN2. The summed E-state index contributed by atoms with van der Waals surface area (Å²) in [7, 11) is 0. The van der Waals surface area contributed by atoms with Crippen LogP contribution in [0.15, 0.2) is 48.9 Å². The van der Waals surface area contributed by atoms with E-state index in [0.717, 1.165) is 11.3 Å². The third-order valence-corrected chi connectivity index (χ3v) is 1.65. The third kappa shape index (κ3) is 2.48. The van der Waals surface area contributed by atoms with Crippen LogP contribution in [0.4, 0.5) is 0 Å². The molecule has 0 fully saturated rings. The quantitative estimate of drug-likeness (QED) is 0.752. The molecule has 0 aliphatic rings. The maximum Gasteiger partial charge on any atom is 0.116 e. The van der Waals surface area contributed by atoms with E-state index in [1.807, 2.05) is 36.4 Å². The maximum absolute atomic E-state index is 4.14. The largest absolute Gasteiger partial charge is 0.245 e. The molecule has 0 radical (unpaired) electrons. The molecule has 1 aromatic carbocycles. The third-order valence-electron chi connectivity index (χ3n) is 1.65. The van der Waals surface area contributed by atoms with Crippen LogP contribution in [0.25, 0.3) is 11.3 Å². The van der Waals surface area contributed by atoms with E-state index in [1.54, 1.807) is 12.5 Å². The van der Waals surface area contributed by atoms with Crippen molar-refractivity contribution in [2.24, 2.45) is 0 Å². The van der Waals surface area contributed by atoms with Crippen LogP contribution in [-0.2, 0) is 0 Å². The Kier molecular flexibility index (Phi) is 3.82. The number of benzene rings is 1. The molecule has 66 valence electrons. The molecule has 0 aliphatic carbocycles. The average Bonchev–Trinajstić information content (AvgIpc) is 2.21. The molecule has 0 saturated heterocycles. The Morgan fingerprint density at radius 2 is 1.69 bits per heavy atom. The van der Waals surface area contributed by atoms with Gasteiger partial charge in [0.25, 0.3) is 0 Å². The van der Waals surface area contributed by atoms with E-state index in [4.69, 9.17) is 0 Å². The van der Waals surface area contributed by atoms with Gasteiger partial charge in [-0.05, 0) is 6.07 Å². The fourth-order valence-electron chi connectivity index (χ4n) is 1.07. The molecule has 3 heteroatoms. The van der Waals surface area contributed by atoms with Crippen molar-refractivity contribution in [2.75, 3.05) is 0 Å². The van der Waals surface area contributed by atoms with Crippen LogP contribution < -0.4 is 0 Å². The Bertz CT molecular complexity index is 310. The van der Waals surface area contributed by atoms with Gasteiger partial charge < -0.3 is 0 Å². The van der Waals surface area contributed by atoms with Gasteiger partial charge in [-0.1, -0.05) is 30.3 Å². The van der Waals surface area contributed by atoms with E-state index in [9.17, 15) is 0 Å². The topological polar surface area (TPSA) is 25.8 Å². The van der Waals surface area contributed by atoms with Crippen LogP contribution in [0.5, 0.6) is 0 Å². The number of rotatable bonds is 1. The molecule has 0 N–H and O–H groups in total. The lowest BCUT2D eigenvalue weighted by atomic mass is 10.1. The number of halogens is 1. The van der Waals surface area contributed by atoms with Gasteiger partial charge in [0.2, 0.25) is 0 Å². The van der Waals surface area contributed by atoms with Gasteiger partial charge in [0.1, 0.15) is 6.33 Å². The van der Waals surface area contributed by atoms with Crippen molar-refractivity contribution in [1.29, 1.82) is 0 Å². The zero-order valence-electron chi connectivity index (χ0n) is 6.92. The van der Waals surface area contributed by atoms with Gasteiger partial charge in [0.05, 0.1) is 5.69 Å². The lowest BCUT2D eigenvalue weighted by Crippen LogP contribution is -1.82. The van der Waals surface area contributed by atoms with E-state index < -0.39 is 0 Å². The number of aromatic nitrogens is 2. The molecule has 0 aliphatic heterocycles. The lowest BCUT2D eigenvalue weighted by molar-refractivity contribution is 1.17. The molecule has 0 saturated carbocycles. The first-order chi connectivity index (χ1) is 5.97. The van der Waals surface area contributed by atoms with Crippen molar-refractivity contribution in [1.82, 2.24) is 9.97 Å².